The number of nitrogens with zero attached hydrogens (tertiary/aromatic N) is 1. The molecular formula is C15H18FNO4. The van der Waals surface area contributed by atoms with E-state index in [2.05, 4.69) is 6.58 Å². The van der Waals surface area contributed by atoms with Crippen molar-refractivity contribution in [2.24, 2.45) is 0 Å². The summed E-state index contributed by atoms with van der Waals surface area (Å²) in [5.74, 6) is -1.70. The molecule has 6 heteroatoms. The summed E-state index contributed by atoms with van der Waals surface area (Å²) in [6.07, 6.45) is 1.44. The van der Waals surface area contributed by atoms with Crippen molar-refractivity contribution in [1.82, 2.24) is 4.90 Å². The number of ether oxygens (including phenoxy) is 1. The van der Waals surface area contributed by atoms with Crippen molar-refractivity contribution in [1.29, 1.82) is 0 Å². The number of carbonyl (C=O) groups is 2. The van der Waals surface area contributed by atoms with E-state index in [1.807, 2.05) is 0 Å². The van der Waals surface area contributed by atoms with Crippen molar-refractivity contribution in [3.05, 3.63) is 42.7 Å². The van der Waals surface area contributed by atoms with Crippen LogP contribution in [0.4, 0.5) is 4.39 Å². The lowest BCUT2D eigenvalue weighted by atomic mass is 10.1. The highest BCUT2D eigenvalue weighted by atomic mass is 19.1. The van der Waals surface area contributed by atoms with Gasteiger partial charge in [0.25, 0.3) is 5.91 Å². The number of benzene rings is 1. The SMILES string of the molecule is C=CCN(CC(=O)O)C(=O)C(C)(C)Oc1ccc(F)cc1. The average Bonchev–Trinajstić information content (AvgIpc) is 2.39. The van der Waals surface area contributed by atoms with Gasteiger partial charge in [-0.1, -0.05) is 6.08 Å². The van der Waals surface area contributed by atoms with Gasteiger partial charge >= 0.3 is 5.97 Å². The Labute approximate surface area is 122 Å². The fourth-order valence-electron chi connectivity index (χ4n) is 1.76. The zero-order valence-corrected chi connectivity index (χ0v) is 12.0. The second-order valence-corrected chi connectivity index (χ2v) is 4.93. The summed E-state index contributed by atoms with van der Waals surface area (Å²) in [4.78, 5) is 24.3. The van der Waals surface area contributed by atoms with Gasteiger partial charge in [0.1, 0.15) is 18.1 Å². The highest BCUT2D eigenvalue weighted by Gasteiger charge is 2.34. The largest absolute Gasteiger partial charge is 0.480 e. The Morgan fingerprint density at radius 2 is 1.95 bits per heavy atom. The van der Waals surface area contributed by atoms with Crippen LogP contribution in [-0.4, -0.2) is 40.6 Å². The first-order valence-corrected chi connectivity index (χ1v) is 6.33. The molecule has 5 nitrogen and oxygen atoms in total. The molecule has 0 atom stereocenters. The molecule has 0 radical (unpaired) electrons. The fourth-order valence-corrected chi connectivity index (χ4v) is 1.76. The molecule has 0 aliphatic heterocycles. The smallest absolute Gasteiger partial charge is 0.323 e. The molecule has 0 aliphatic rings. The first kappa shape index (κ1) is 16.7. The summed E-state index contributed by atoms with van der Waals surface area (Å²) in [7, 11) is 0. The summed E-state index contributed by atoms with van der Waals surface area (Å²) < 4.78 is 18.4. The number of aliphatic carboxylic acids is 1. The van der Waals surface area contributed by atoms with Crippen LogP contribution in [0.5, 0.6) is 5.75 Å². The molecular weight excluding hydrogens is 277 g/mol. The number of carbonyl (C=O) groups excluding carboxylic acids is 1. The van der Waals surface area contributed by atoms with Crippen LogP contribution >= 0.6 is 0 Å². The molecule has 1 aromatic carbocycles. The Morgan fingerprint density at radius 3 is 2.43 bits per heavy atom. The average molecular weight is 295 g/mol. The van der Waals surface area contributed by atoms with Gasteiger partial charge in [-0.15, -0.1) is 6.58 Å². The number of hydrogen-bond acceptors (Lipinski definition) is 3. The van der Waals surface area contributed by atoms with Gasteiger partial charge in [-0.25, -0.2) is 4.39 Å². The van der Waals surface area contributed by atoms with E-state index in [0.29, 0.717) is 5.75 Å². The highest BCUT2D eigenvalue weighted by Crippen LogP contribution is 2.20. The molecule has 0 saturated carbocycles. The molecule has 0 heterocycles. The standard InChI is InChI=1S/C15H18FNO4/c1-4-9-17(10-13(18)19)14(20)15(2,3)21-12-7-5-11(16)6-8-12/h4-8H,1,9-10H2,2-3H3,(H,18,19). The third kappa shape index (κ3) is 4.91. The maximum absolute atomic E-state index is 12.8. The molecule has 0 unspecified atom stereocenters. The molecule has 21 heavy (non-hydrogen) atoms. The summed E-state index contributed by atoms with van der Waals surface area (Å²) in [5.41, 5.74) is -1.28. The summed E-state index contributed by atoms with van der Waals surface area (Å²) in [6, 6.07) is 5.24. The predicted octanol–water partition coefficient (Wildman–Crippen LogP) is 2.08. The number of carboxylic acid groups (broad SMARTS) is 1. The van der Waals surface area contributed by atoms with Crippen molar-refractivity contribution in [2.75, 3.05) is 13.1 Å². The number of carboxylic acids is 1. The Kier molecular flexibility index (Phi) is 5.46. The first-order chi connectivity index (χ1) is 9.76. The van der Waals surface area contributed by atoms with Gasteiger partial charge in [-0.2, -0.15) is 0 Å². The van der Waals surface area contributed by atoms with Gasteiger partial charge in [0, 0.05) is 6.54 Å². The minimum absolute atomic E-state index is 0.0986. The molecule has 1 amide bonds. The van der Waals surface area contributed by atoms with Gasteiger partial charge in [-0.3, -0.25) is 9.59 Å². The molecule has 0 bridgehead atoms. The lowest BCUT2D eigenvalue weighted by Gasteiger charge is -2.31. The number of rotatable bonds is 7. The van der Waals surface area contributed by atoms with Gasteiger partial charge < -0.3 is 14.7 Å². The summed E-state index contributed by atoms with van der Waals surface area (Å²) in [5, 5.41) is 8.83. The van der Waals surface area contributed by atoms with Crippen LogP contribution in [0, 0.1) is 5.82 Å². The van der Waals surface area contributed by atoms with Crippen LogP contribution in [0.3, 0.4) is 0 Å². The summed E-state index contributed by atoms with van der Waals surface area (Å²) in [6.45, 7) is 6.20. The second-order valence-electron chi connectivity index (χ2n) is 4.93. The first-order valence-electron chi connectivity index (χ1n) is 6.33. The maximum atomic E-state index is 12.8. The van der Waals surface area contributed by atoms with E-state index >= 15 is 0 Å². The molecule has 1 N–H and O–H groups in total. The highest BCUT2D eigenvalue weighted by molar-refractivity contribution is 5.87. The van der Waals surface area contributed by atoms with E-state index in [1.54, 1.807) is 0 Å². The third-order valence-electron chi connectivity index (χ3n) is 2.66. The second kappa shape index (κ2) is 6.88. The van der Waals surface area contributed by atoms with Crippen molar-refractivity contribution >= 4 is 11.9 Å². The third-order valence-corrected chi connectivity index (χ3v) is 2.66. The van der Waals surface area contributed by atoms with Crippen LogP contribution in [0.25, 0.3) is 0 Å². The van der Waals surface area contributed by atoms with E-state index in [0.717, 1.165) is 4.90 Å². The molecule has 0 aliphatic carbocycles. The van der Waals surface area contributed by atoms with Crippen LogP contribution in [0.2, 0.25) is 0 Å². The molecule has 114 valence electrons. The Morgan fingerprint density at radius 1 is 1.38 bits per heavy atom. The lowest BCUT2D eigenvalue weighted by Crippen LogP contribution is -2.50. The Bertz CT molecular complexity index is 525. The minimum atomic E-state index is -1.28. The van der Waals surface area contributed by atoms with Gasteiger partial charge in [0.2, 0.25) is 0 Å². The zero-order chi connectivity index (χ0) is 16.0. The minimum Gasteiger partial charge on any atom is -0.480 e. The van der Waals surface area contributed by atoms with Crippen molar-refractivity contribution < 1.29 is 23.8 Å². The predicted molar refractivity (Wildman–Crippen MR) is 75.5 cm³/mol. The van der Waals surface area contributed by atoms with Crippen LogP contribution in [0.15, 0.2) is 36.9 Å². The van der Waals surface area contributed by atoms with Gasteiger partial charge in [0.05, 0.1) is 0 Å². The summed E-state index contributed by atoms with van der Waals surface area (Å²) >= 11 is 0. The quantitative estimate of drug-likeness (QED) is 0.782. The van der Waals surface area contributed by atoms with Crippen LogP contribution in [-0.2, 0) is 9.59 Å². The van der Waals surface area contributed by atoms with E-state index < -0.39 is 29.8 Å². The Balaban J connectivity index is 2.87. The topological polar surface area (TPSA) is 66.8 Å². The van der Waals surface area contributed by atoms with E-state index in [9.17, 15) is 14.0 Å². The monoisotopic (exact) mass is 295 g/mol. The normalized spacial score (nSPS) is 10.8. The van der Waals surface area contributed by atoms with Crippen molar-refractivity contribution in [2.45, 2.75) is 19.4 Å². The van der Waals surface area contributed by atoms with Crippen LogP contribution < -0.4 is 4.74 Å². The molecule has 0 saturated heterocycles. The zero-order valence-electron chi connectivity index (χ0n) is 12.0. The molecule has 1 rings (SSSR count). The van der Waals surface area contributed by atoms with Crippen molar-refractivity contribution in [3.8, 4) is 5.75 Å². The molecule has 0 aromatic heterocycles. The number of hydrogen-bond donors (Lipinski definition) is 1. The molecule has 1 aromatic rings. The van der Waals surface area contributed by atoms with Crippen LogP contribution in [0.1, 0.15) is 13.8 Å². The fraction of sp³-hybridized carbons (Fsp3) is 0.333. The van der Waals surface area contributed by atoms with Crippen molar-refractivity contribution in [3.63, 3.8) is 0 Å². The van der Waals surface area contributed by atoms with E-state index in [1.165, 1.54) is 44.2 Å². The Hall–Kier alpha value is -2.37. The lowest BCUT2D eigenvalue weighted by molar-refractivity contribution is -0.151. The molecule has 0 spiro atoms. The maximum Gasteiger partial charge on any atom is 0.323 e. The van der Waals surface area contributed by atoms with E-state index in [-0.39, 0.29) is 6.54 Å². The van der Waals surface area contributed by atoms with Gasteiger partial charge in [0.15, 0.2) is 5.60 Å². The van der Waals surface area contributed by atoms with Gasteiger partial charge in [-0.05, 0) is 38.1 Å². The number of amides is 1. The molecule has 0 fully saturated rings. The van der Waals surface area contributed by atoms with E-state index in [4.69, 9.17) is 9.84 Å². The number of halogens is 1.